The molecule has 1 aromatic carbocycles. The first kappa shape index (κ1) is 14.5. The zero-order valence-electron chi connectivity index (χ0n) is 11.4. The van der Waals surface area contributed by atoms with E-state index in [1.165, 1.54) is 5.56 Å². The summed E-state index contributed by atoms with van der Waals surface area (Å²) >= 11 is 0. The summed E-state index contributed by atoms with van der Waals surface area (Å²) in [5, 5.41) is 0. The monoisotopic (exact) mass is 251 g/mol. The molecule has 0 aliphatic carbocycles. The zero-order chi connectivity index (χ0) is 13.6. The molecule has 0 radical (unpaired) electrons. The first-order valence-corrected chi connectivity index (χ1v) is 6.03. The fourth-order valence-corrected chi connectivity index (χ4v) is 1.16. The molecule has 1 aromatic rings. The molecule has 1 amide bonds. The minimum atomic E-state index is -0.381. The van der Waals surface area contributed by atoms with Crippen LogP contribution in [0.2, 0.25) is 0 Å². The van der Waals surface area contributed by atoms with Crippen molar-refractivity contribution in [3.63, 3.8) is 0 Å². The number of aryl methyl sites for hydroxylation is 1. The summed E-state index contributed by atoms with van der Waals surface area (Å²) < 4.78 is 5.45. The highest BCUT2D eigenvalue weighted by Crippen LogP contribution is 2.11. The molecule has 0 atom stereocenters. The molecular formula is C14H21NO3. The molecule has 100 valence electrons. The van der Waals surface area contributed by atoms with Gasteiger partial charge in [-0.25, -0.2) is 5.48 Å². The topological polar surface area (TPSA) is 47.6 Å². The van der Waals surface area contributed by atoms with Crippen molar-refractivity contribution < 1.29 is 14.4 Å². The summed E-state index contributed by atoms with van der Waals surface area (Å²) in [4.78, 5) is 16.6. The van der Waals surface area contributed by atoms with Gasteiger partial charge in [-0.05, 0) is 39.8 Å². The summed E-state index contributed by atoms with van der Waals surface area (Å²) in [6.45, 7) is 7.96. The quantitative estimate of drug-likeness (QED) is 0.818. The van der Waals surface area contributed by atoms with Crippen molar-refractivity contribution in [3.8, 4) is 5.75 Å². The Hall–Kier alpha value is -1.55. The van der Waals surface area contributed by atoms with Crippen molar-refractivity contribution in [2.75, 3.05) is 6.61 Å². The number of nitrogens with one attached hydrogen (secondary N) is 1. The van der Waals surface area contributed by atoms with Crippen LogP contribution in [0.15, 0.2) is 24.3 Å². The summed E-state index contributed by atoms with van der Waals surface area (Å²) in [6.07, 6.45) is 0.268. The highest BCUT2D eigenvalue weighted by molar-refractivity contribution is 5.74. The molecule has 0 bridgehead atoms. The van der Waals surface area contributed by atoms with Gasteiger partial charge in [-0.2, -0.15) is 0 Å². The third kappa shape index (κ3) is 6.25. The van der Waals surface area contributed by atoms with Crippen LogP contribution in [0.5, 0.6) is 5.75 Å². The molecule has 18 heavy (non-hydrogen) atoms. The highest BCUT2D eigenvalue weighted by Gasteiger charge is 2.12. The van der Waals surface area contributed by atoms with Gasteiger partial charge in [0.1, 0.15) is 5.75 Å². The fraction of sp³-hybridized carbons (Fsp3) is 0.500. The maximum atomic E-state index is 11.4. The van der Waals surface area contributed by atoms with Crippen molar-refractivity contribution in [3.05, 3.63) is 29.8 Å². The summed E-state index contributed by atoms with van der Waals surface area (Å²) in [5.41, 5.74) is 3.20. The van der Waals surface area contributed by atoms with E-state index < -0.39 is 0 Å². The normalized spacial score (nSPS) is 11.1. The third-order valence-corrected chi connectivity index (χ3v) is 2.09. The lowest BCUT2D eigenvalue weighted by molar-refractivity contribution is -0.146. The lowest BCUT2D eigenvalue weighted by Crippen LogP contribution is -2.34. The molecule has 0 aromatic heterocycles. The van der Waals surface area contributed by atoms with E-state index in [2.05, 4.69) is 5.48 Å². The van der Waals surface area contributed by atoms with E-state index in [9.17, 15) is 4.79 Å². The van der Waals surface area contributed by atoms with Gasteiger partial charge < -0.3 is 4.74 Å². The first-order valence-electron chi connectivity index (χ1n) is 6.03. The molecule has 0 spiro atoms. The van der Waals surface area contributed by atoms with E-state index in [1.807, 2.05) is 52.0 Å². The smallest absolute Gasteiger partial charge is 0.246 e. The molecular weight excluding hydrogens is 230 g/mol. The number of hydrogen-bond donors (Lipinski definition) is 1. The van der Waals surface area contributed by atoms with Gasteiger partial charge in [-0.3, -0.25) is 9.63 Å². The molecule has 0 aliphatic rings. The number of carbonyl (C=O) groups excluding carboxylic acids is 1. The summed E-state index contributed by atoms with van der Waals surface area (Å²) in [5.74, 6) is 0.585. The number of hydroxylamine groups is 1. The number of hydrogen-bond acceptors (Lipinski definition) is 3. The lowest BCUT2D eigenvalue weighted by Gasteiger charge is -2.18. The molecule has 4 nitrogen and oxygen atoms in total. The van der Waals surface area contributed by atoms with E-state index in [0.717, 1.165) is 5.75 Å². The van der Waals surface area contributed by atoms with E-state index in [0.29, 0.717) is 6.61 Å². The van der Waals surface area contributed by atoms with Gasteiger partial charge >= 0.3 is 0 Å². The Kier molecular flexibility index (Phi) is 5.16. The highest BCUT2D eigenvalue weighted by atomic mass is 16.7. The van der Waals surface area contributed by atoms with Gasteiger partial charge in [0.05, 0.1) is 18.6 Å². The van der Waals surface area contributed by atoms with Gasteiger partial charge in [0.25, 0.3) is 0 Å². The molecule has 0 aliphatic heterocycles. The van der Waals surface area contributed by atoms with Crippen LogP contribution in [-0.2, 0) is 9.63 Å². The molecule has 4 heteroatoms. The predicted octanol–water partition coefficient (Wildman–Crippen LogP) is 2.61. The SMILES string of the molecule is Cc1ccc(OCCC(=O)NOC(C)(C)C)cc1. The maximum absolute atomic E-state index is 11.4. The minimum Gasteiger partial charge on any atom is -0.493 e. The number of carbonyl (C=O) groups is 1. The van der Waals surface area contributed by atoms with Crippen molar-refractivity contribution in [1.82, 2.24) is 5.48 Å². The molecule has 0 saturated carbocycles. The van der Waals surface area contributed by atoms with Crippen molar-refractivity contribution in [2.24, 2.45) is 0 Å². The maximum Gasteiger partial charge on any atom is 0.246 e. The van der Waals surface area contributed by atoms with Crippen LogP contribution < -0.4 is 10.2 Å². The molecule has 1 N–H and O–H groups in total. The Morgan fingerprint density at radius 2 is 1.83 bits per heavy atom. The lowest BCUT2D eigenvalue weighted by atomic mass is 10.2. The second kappa shape index (κ2) is 6.40. The Bertz CT molecular complexity index is 379. The predicted molar refractivity (Wildman–Crippen MR) is 70.3 cm³/mol. The molecule has 0 fully saturated rings. The second-order valence-corrected chi connectivity index (χ2v) is 5.15. The van der Waals surface area contributed by atoms with E-state index >= 15 is 0 Å². The zero-order valence-corrected chi connectivity index (χ0v) is 11.4. The molecule has 0 unspecified atom stereocenters. The van der Waals surface area contributed by atoms with Gasteiger partial charge in [-0.1, -0.05) is 17.7 Å². The standard InChI is InChI=1S/C14H21NO3/c1-11-5-7-12(8-6-11)17-10-9-13(16)15-18-14(2,3)4/h5-8H,9-10H2,1-4H3,(H,15,16). The molecule has 0 saturated heterocycles. The first-order chi connectivity index (χ1) is 8.37. The Morgan fingerprint density at radius 3 is 2.39 bits per heavy atom. The van der Waals surface area contributed by atoms with Crippen LogP contribution in [0.3, 0.4) is 0 Å². The number of amides is 1. The van der Waals surface area contributed by atoms with Crippen LogP contribution >= 0.6 is 0 Å². The third-order valence-electron chi connectivity index (χ3n) is 2.09. The van der Waals surface area contributed by atoms with Gasteiger partial charge in [-0.15, -0.1) is 0 Å². The van der Waals surface area contributed by atoms with E-state index in [1.54, 1.807) is 0 Å². The van der Waals surface area contributed by atoms with Gasteiger partial charge in [0.15, 0.2) is 0 Å². The minimum absolute atomic E-state index is 0.183. The van der Waals surface area contributed by atoms with Crippen LogP contribution in [-0.4, -0.2) is 18.1 Å². The second-order valence-electron chi connectivity index (χ2n) is 5.15. The largest absolute Gasteiger partial charge is 0.493 e. The van der Waals surface area contributed by atoms with Gasteiger partial charge in [0, 0.05) is 0 Å². The number of ether oxygens (including phenoxy) is 1. The number of rotatable bonds is 5. The van der Waals surface area contributed by atoms with Crippen LogP contribution in [0, 0.1) is 6.92 Å². The Labute approximate surface area is 108 Å². The van der Waals surface area contributed by atoms with Crippen LogP contribution in [0.25, 0.3) is 0 Å². The summed E-state index contributed by atoms with van der Waals surface area (Å²) in [7, 11) is 0. The average molecular weight is 251 g/mol. The van der Waals surface area contributed by atoms with Crippen molar-refractivity contribution >= 4 is 5.91 Å². The van der Waals surface area contributed by atoms with Crippen molar-refractivity contribution in [1.29, 1.82) is 0 Å². The van der Waals surface area contributed by atoms with Crippen molar-refractivity contribution in [2.45, 2.75) is 39.7 Å². The van der Waals surface area contributed by atoms with E-state index in [4.69, 9.17) is 9.57 Å². The van der Waals surface area contributed by atoms with Crippen LogP contribution in [0.1, 0.15) is 32.8 Å². The Balaban J connectivity index is 2.21. The van der Waals surface area contributed by atoms with E-state index in [-0.39, 0.29) is 17.9 Å². The number of benzene rings is 1. The fourth-order valence-electron chi connectivity index (χ4n) is 1.16. The molecule has 1 rings (SSSR count). The average Bonchev–Trinajstić information content (AvgIpc) is 2.28. The summed E-state index contributed by atoms with van der Waals surface area (Å²) in [6, 6.07) is 7.72. The van der Waals surface area contributed by atoms with Crippen LogP contribution in [0.4, 0.5) is 0 Å². The Morgan fingerprint density at radius 1 is 1.22 bits per heavy atom. The van der Waals surface area contributed by atoms with Gasteiger partial charge in [0.2, 0.25) is 5.91 Å². The molecule has 0 heterocycles.